The average molecular weight is 229 g/mol. The number of nitrogens with zero attached hydrogens (tertiary/aromatic N) is 1. The summed E-state index contributed by atoms with van der Waals surface area (Å²) in [5.74, 6) is -0.759. The maximum absolute atomic E-state index is 11.4. The maximum Gasteiger partial charge on any atom is 0.277 e. The number of Topliss-reactive ketones (excluding diaryl/α,β-unsaturated/α-hetero) is 1. The Morgan fingerprint density at radius 1 is 1.18 bits per heavy atom. The summed E-state index contributed by atoms with van der Waals surface area (Å²) in [6.45, 7) is 0. The molecule has 2 aromatic carbocycles. The molecule has 0 aliphatic rings. The van der Waals surface area contributed by atoms with E-state index in [-0.39, 0.29) is 22.9 Å². The van der Waals surface area contributed by atoms with Gasteiger partial charge in [-0.05, 0) is 5.39 Å². The van der Waals surface area contributed by atoms with Gasteiger partial charge < -0.3 is 0 Å². The van der Waals surface area contributed by atoms with E-state index in [1.54, 1.807) is 18.2 Å². The molecular weight excluding hydrogens is 222 g/mol. The lowest BCUT2D eigenvalue weighted by molar-refractivity contribution is -0.383. The van der Waals surface area contributed by atoms with E-state index in [9.17, 15) is 19.7 Å². The Hall–Kier alpha value is -2.56. The maximum atomic E-state index is 11.4. The molecule has 0 radical (unpaired) electrons. The third-order valence-corrected chi connectivity index (χ3v) is 2.45. The number of benzene rings is 2. The van der Waals surface area contributed by atoms with Crippen molar-refractivity contribution < 1.29 is 14.5 Å². The van der Waals surface area contributed by atoms with Crippen molar-refractivity contribution in [1.29, 1.82) is 0 Å². The minimum atomic E-state index is -0.759. The first-order valence-electron chi connectivity index (χ1n) is 4.81. The van der Waals surface area contributed by atoms with Crippen LogP contribution in [0.4, 0.5) is 5.69 Å². The van der Waals surface area contributed by atoms with Crippen LogP contribution >= 0.6 is 0 Å². The molecule has 0 fully saturated rings. The Bertz CT molecular complexity index is 628. The number of nitro groups is 1. The highest BCUT2D eigenvalue weighted by Gasteiger charge is 2.18. The number of hydrogen-bond donors (Lipinski definition) is 0. The van der Waals surface area contributed by atoms with E-state index < -0.39 is 10.7 Å². The number of fused-ring (bicyclic) bond motifs is 1. The lowest BCUT2D eigenvalue weighted by Gasteiger charge is -2.03. The molecule has 0 aromatic heterocycles. The summed E-state index contributed by atoms with van der Waals surface area (Å²) in [4.78, 5) is 32.2. The van der Waals surface area contributed by atoms with Gasteiger partial charge in [-0.25, -0.2) is 0 Å². The molecule has 0 unspecified atom stereocenters. The van der Waals surface area contributed by atoms with Gasteiger partial charge in [-0.1, -0.05) is 30.3 Å². The van der Waals surface area contributed by atoms with Crippen molar-refractivity contribution in [3.63, 3.8) is 0 Å². The van der Waals surface area contributed by atoms with Gasteiger partial charge in [0.25, 0.3) is 5.69 Å². The van der Waals surface area contributed by atoms with Crippen LogP contribution in [0.15, 0.2) is 36.4 Å². The molecule has 0 atom stereocenters. The van der Waals surface area contributed by atoms with E-state index >= 15 is 0 Å². The summed E-state index contributed by atoms with van der Waals surface area (Å²) in [7, 11) is 0. The largest absolute Gasteiger partial charge is 0.294 e. The SMILES string of the molecule is O=CC(=O)c1cccc2cccc([N+](=O)[O-])c12. The van der Waals surface area contributed by atoms with Crippen LogP contribution in [0, 0.1) is 10.1 Å². The highest BCUT2D eigenvalue weighted by atomic mass is 16.6. The monoisotopic (exact) mass is 229 g/mol. The average Bonchev–Trinajstić information content (AvgIpc) is 2.36. The predicted molar refractivity (Wildman–Crippen MR) is 61.0 cm³/mol. The normalized spacial score (nSPS) is 10.1. The van der Waals surface area contributed by atoms with E-state index in [4.69, 9.17) is 0 Å². The molecule has 0 N–H and O–H groups in total. The van der Waals surface area contributed by atoms with Gasteiger partial charge >= 0.3 is 0 Å². The first-order valence-corrected chi connectivity index (χ1v) is 4.81. The van der Waals surface area contributed by atoms with Gasteiger partial charge in [-0.15, -0.1) is 0 Å². The molecule has 0 heterocycles. The second kappa shape index (κ2) is 4.13. The molecule has 5 heteroatoms. The summed E-state index contributed by atoms with van der Waals surface area (Å²) in [5.41, 5.74) is -0.113. The Balaban J connectivity index is 2.89. The van der Waals surface area contributed by atoms with Gasteiger partial charge in [0.1, 0.15) is 0 Å². The number of carbonyl (C=O) groups is 2. The zero-order valence-corrected chi connectivity index (χ0v) is 8.62. The summed E-state index contributed by atoms with van der Waals surface area (Å²) in [6.07, 6.45) is 0.158. The second-order valence-electron chi connectivity index (χ2n) is 3.42. The molecule has 84 valence electrons. The third kappa shape index (κ3) is 1.78. The topological polar surface area (TPSA) is 77.3 Å². The molecule has 2 rings (SSSR count). The van der Waals surface area contributed by atoms with E-state index in [0.29, 0.717) is 5.39 Å². The lowest BCUT2D eigenvalue weighted by Crippen LogP contribution is -2.02. The van der Waals surface area contributed by atoms with E-state index in [0.717, 1.165) is 0 Å². The highest BCUT2D eigenvalue weighted by Crippen LogP contribution is 2.28. The summed E-state index contributed by atoms with van der Waals surface area (Å²) >= 11 is 0. The van der Waals surface area contributed by atoms with Crippen molar-refractivity contribution in [1.82, 2.24) is 0 Å². The van der Waals surface area contributed by atoms with Crippen molar-refractivity contribution in [2.75, 3.05) is 0 Å². The molecule has 0 amide bonds. The highest BCUT2D eigenvalue weighted by molar-refractivity contribution is 6.36. The van der Waals surface area contributed by atoms with E-state index in [1.165, 1.54) is 18.2 Å². The first kappa shape index (κ1) is 10.9. The molecule has 0 saturated carbocycles. The number of rotatable bonds is 3. The molecule has 0 aliphatic heterocycles. The van der Waals surface area contributed by atoms with Crippen molar-refractivity contribution in [2.45, 2.75) is 0 Å². The minimum absolute atomic E-state index is 0.0600. The van der Waals surface area contributed by atoms with Gasteiger partial charge in [0, 0.05) is 11.6 Å². The molecule has 17 heavy (non-hydrogen) atoms. The predicted octanol–water partition coefficient (Wildman–Crippen LogP) is 2.13. The Morgan fingerprint density at radius 2 is 1.82 bits per heavy atom. The summed E-state index contributed by atoms with van der Waals surface area (Å²) < 4.78 is 0. The Kier molecular flexibility index (Phi) is 2.66. The van der Waals surface area contributed by atoms with Crippen molar-refractivity contribution >= 4 is 28.5 Å². The molecule has 0 saturated heterocycles. The van der Waals surface area contributed by atoms with Gasteiger partial charge in [0.15, 0.2) is 6.29 Å². The van der Waals surface area contributed by atoms with Gasteiger partial charge in [0.2, 0.25) is 5.78 Å². The third-order valence-electron chi connectivity index (χ3n) is 2.45. The van der Waals surface area contributed by atoms with E-state index in [1.807, 2.05) is 0 Å². The van der Waals surface area contributed by atoms with Gasteiger partial charge in [0.05, 0.1) is 10.3 Å². The van der Waals surface area contributed by atoms with Crippen LogP contribution in [0.1, 0.15) is 10.4 Å². The summed E-state index contributed by atoms with van der Waals surface area (Å²) in [5, 5.41) is 11.7. The molecule has 5 nitrogen and oxygen atoms in total. The fourth-order valence-corrected chi connectivity index (χ4v) is 1.74. The Labute approximate surface area is 95.8 Å². The van der Waals surface area contributed by atoms with Crippen LogP contribution in [-0.4, -0.2) is 17.0 Å². The van der Waals surface area contributed by atoms with Crippen LogP contribution in [0.5, 0.6) is 0 Å². The molecule has 2 aromatic rings. The number of aldehydes is 1. The molecule has 0 spiro atoms. The van der Waals surface area contributed by atoms with Crippen LogP contribution in [0.25, 0.3) is 10.8 Å². The number of nitro benzene ring substituents is 1. The second-order valence-corrected chi connectivity index (χ2v) is 3.42. The zero-order chi connectivity index (χ0) is 12.4. The van der Waals surface area contributed by atoms with E-state index in [2.05, 4.69) is 0 Å². The number of carbonyl (C=O) groups excluding carboxylic acids is 2. The van der Waals surface area contributed by atoms with Crippen LogP contribution in [0.2, 0.25) is 0 Å². The van der Waals surface area contributed by atoms with Gasteiger partial charge in [-0.3, -0.25) is 19.7 Å². The summed E-state index contributed by atoms with van der Waals surface area (Å²) in [6, 6.07) is 9.16. The van der Waals surface area contributed by atoms with Gasteiger partial charge in [-0.2, -0.15) is 0 Å². The van der Waals surface area contributed by atoms with Crippen LogP contribution < -0.4 is 0 Å². The van der Waals surface area contributed by atoms with Crippen LogP contribution in [-0.2, 0) is 4.79 Å². The van der Waals surface area contributed by atoms with Crippen LogP contribution in [0.3, 0.4) is 0 Å². The van der Waals surface area contributed by atoms with Crippen molar-refractivity contribution in [3.8, 4) is 0 Å². The number of ketones is 1. The number of hydrogen-bond acceptors (Lipinski definition) is 4. The zero-order valence-electron chi connectivity index (χ0n) is 8.62. The number of non-ortho nitro benzene ring substituents is 1. The smallest absolute Gasteiger partial charge is 0.277 e. The molecule has 0 bridgehead atoms. The van der Waals surface area contributed by atoms with Crippen molar-refractivity contribution in [2.24, 2.45) is 0 Å². The Morgan fingerprint density at radius 3 is 2.41 bits per heavy atom. The lowest BCUT2D eigenvalue weighted by atomic mass is 10.0. The standard InChI is InChI=1S/C12H7NO4/c14-7-11(15)9-5-1-3-8-4-2-6-10(12(8)9)13(16)17/h1-7H. The fourth-order valence-electron chi connectivity index (χ4n) is 1.74. The van der Waals surface area contributed by atoms with Crippen molar-refractivity contribution in [3.05, 3.63) is 52.1 Å². The fraction of sp³-hybridized carbons (Fsp3) is 0. The molecule has 0 aliphatic carbocycles. The molecular formula is C12H7NO4. The first-order chi connectivity index (χ1) is 8.15. The minimum Gasteiger partial charge on any atom is -0.294 e. The quantitative estimate of drug-likeness (QED) is 0.265.